The molecule has 0 fully saturated rings. The third kappa shape index (κ3) is 6.72. The standard InChI is InChI=1S/C67H55BN3OS/c1-65(2,3)39-23-26-41(27-24-39)69-56-37-55-49(48-34-44(28-31-54(48)67(55,7)8)70(42-17-11-9-12-18-42)43-19-13-10-14-20-43)35-50(56)46-29-30-47-51-36-52-45-21-15-16-22-58(45)72-59(52)38-57(51)71-62(47)61(46)68-64-63(71)53-33-40(66(4,5)6)25-32-60(53)73-64/h9-38,69H,1-8H3. The van der Waals surface area contributed by atoms with Crippen molar-refractivity contribution in [1.82, 2.24) is 4.57 Å². The van der Waals surface area contributed by atoms with Crippen molar-refractivity contribution in [3.8, 4) is 27.9 Å². The predicted octanol–water partition coefficient (Wildman–Crippen LogP) is 17.6. The molecule has 1 N–H and O–H groups in total. The predicted molar refractivity (Wildman–Crippen MR) is 313 cm³/mol. The lowest BCUT2D eigenvalue weighted by atomic mass is 9.63. The van der Waals surface area contributed by atoms with E-state index < -0.39 is 0 Å². The van der Waals surface area contributed by atoms with Crippen LogP contribution in [0.5, 0.6) is 0 Å². The Morgan fingerprint density at radius 3 is 1.93 bits per heavy atom. The maximum atomic E-state index is 6.65. The Kier molecular flexibility index (Phi) is 9.39. The van der Waals surface area contributed by atoms with Crippen molar-refractivity contribution in [2.45, 2.75) is 71.6 Å². The van der Waals surface area contributed by atoms with Crippen molar-refractivity contribution in [2.75, 3.05) is 10.2 Å². The molecule has 3 aromatic heterocycles. The van der Waals surface area contributed by atoms with Gasteiger partial charge in [0.1, 0.15) is 11.2 Å². The first kappa shape index (κ1) is 43.9. The first-order valence-corrected chi connectivity index (χ1v) is 26.5. The topological polar surface area (TPSA) is 33.3 Å². The summed E-state index contributed by atoms with van der Waals surface area (Å²) in [6, 6.07) is 67.6. The molecule has 14 rings (SSSR count). The summed E-state index contributed by atoms with van der Waals surface area (Å²) >= 11 is 1.89. The molecule has 353 valence electrons. The van der Waals surface area contributed by atoms with Crippen LogP contribution in [0.1, 0.15) is 77.6 Å². The highest BCUT2D eigenvalue weighted by atomic mass is 32.1. The normalized spacial score (nSPS) is 13.7. The Bertz CT molecular complexity index is 4200. The summed E-state index contributed by atoms with van der Waals surface area (Å²) in [6.45, 7) is 18.5. The van der Waals surface area contributed by atoms with Crippen molar-refractivity contribution in [3.63, 3.8) is 0 Å². The molecular formula is C67H55BN3OS. The molecule has 0 spiro atoms. The van der Waals surface area contributed by atoms with E-state index in [1.165, 1.54) is 86.8 Å². The SMILES string of the molecule is CC(C)(C)c1ccc(Nc2cc3c(cc2-c2ccc4c5cc6c(cc5n5c4c2[B]c2sc4ccc(C(C)(C)C)cc4c2-5)oc2ccccc26)-c2cc(N(c4ccccc4)c4ccccc4)ccc2C3(C)C)cc1. The van der Waals surface area contributed by atoms with Gasteiger partial charge in [-0.1, -0.05) is 146 Å². The van der Waals surface area contributed by atoms with Crippen LogP contribution in [0, 0.1) is 0 Å². The van der Waals surface area contributed by atoms with Crippen molar-refractivity contribution in [2.24, 2.45) is 0 Å². The number of thiophene rings is 1. The van der Waals surface area contributed by atoms with E-state index in [4.69, 9.17) is 4.42 Å². The van der Waals surface area contributed by atoms with Gasteiger partial charge in [0.2, 0.25) is 7.28 Å². The molecular weight excluding hydrogens is 906 g/mol. The van der Waals surface area contributed by atoms with E-state index in [0.29, 0.717) is 0 Å². The highest BCUT2D eigenvalue weighted by Gasteiger charge is 2.38. The van der Waals surface area contributed by atoms with Crippen LogP contribution in [0.2, 0.25) is 0 Å². The number of rotatable bonds is 6. The second-order valence-electron chi connectivity index (χ2n) is 22.9. The van der Waals surface area contributed by atoms with Crippen LogP contribution in [0.4, 0.5) is 28.4 Å². The minimum Gasteiger partial charge on any atom is -0.456 e. The van der Waals surface area contributed by atoms with Gasteiger partial charge in [0.05, 0.1) is 11.2 Å². The van der Waals surface area contributed by atoms with Crippen LogP contribution >= 0.6 is 11.3 Å². The van der Waals surface area contributed by atoms with E-state index in [1.807, 2.05) is 11.3 Å². The summed E-state index contributed by atoms with van der Waals surface area (Å²) < 4.78 is 11.8. The van der Waals surface area contributed by atoms with E-state index in [9.17, 15) is 0 Å². The molecule has 2 aliphatic rings. The van der Waals surface area contributed by atoms with E-state index in [0.717, 1.165) is 55.9 Å². The Balaban J connectivity index is 1.04. The third-order valence-corrected chi connectivity index (χ3v) is 17.0. The first-order chi connectivity index (χ1) is 35.2. The second-order valence-corrected chi connectivity index (χ2v) is 24.0. The number of hydrogen-bond acceptors (Lipinski definition) is 4. The van der Waals surface area contributed by atoms with E-state index >= 15 is 0 Å². The Morgan fingerprint density at radius 1 is 0.521 bits per heavy atom. The summed E-state index contributed by atoms with van der Waals surface area (Å²) in [4.78, 5) is 2.38. The van der Waals surface area contributed by atoms with Crippen LogP contribution in [-0.2, 0) is 16.2 Å². The van der Waals surface area contributed by atoms with Gasteiger partial charge in [-0.25, -0.2) is 0 Å². The number of aromatic nitrogens is 1. The van der Waals surface area contributed by atoms with E-state index in [1.54, 1.807) is 0 Å². The van der Waals surface area contributed by atoms with Gasteiger partial charge in [0.25, 0.3) is 0 Å². The molecule has 1 radical (unpaired) electrons. The zero-order valence-corrected chi connectivity index (χ0v) is 43.4. The number of benzene rings is 9. The molecule has 1 aliphatic carbocycles. The maximum absolute atomic E-state index is 6.65. The number of nitrogens with zero attached hydrogens (tertiary/aromatic N) is 2. The van der Waals surface area contributed by atoms with Crippen LogP contribution < -0.4 is 20.5 Å². The van der Waals surface area contributed by atoms with Crippen molar-refractivity contribution in [3.05, 3.63) is 204 Å². The van der Waals surface area contributed by atoms with Gasteiger partial charge in [0, 0.05) is 82.6 Å². The van der Waals surface area contributed by atoms with E-state index in [2.05, 4.69) is 259 Å². The lowest BCUT2D eigenvalue weighted by molar-refractivity contribution is 0.590. The summed E-state index contributed by atoms with van der Waals surface area (Å²) in [5.41, 5.74) is 22.2. The summed E-state index contributed by atoms with van der Waals surface area (Å²) in [7, 11) is 2.50. The molecule has 1 aliphatic heterocycles. The minimum atomic E-state index is -0.256. The van der Waals surface area contributed by atoms with Gasteiger partial charge in [-0.3, -0.25) is 0 Å². The molecule has 0 saturated carbocycles. The quantitative estimate of drug-likeness (QED) is 0.169. The highest BCUT2D eigenvalue weighted by Crippen LogP contribution is 2.54. The van der Waals surface area contributed by atoms with Crippen LogP contribution in [-0.4, -0.2) is 11.8 Å². The van der Waals surface area contributed by atoms with Crippen molar-refractivity contribution in [1.29, 1.82) is 0 Å². The van der Waals surface area contributed by atoms with Gasteiger partial charge in [-0.05, 0) is 145 Å². The largest absolute Gasteiger partial charge is 0.456 e. The average Bonchev–Trinajstić information content (AvgIpc) is 4.11. The molecule has 0 saturated heterocycles. The summed E-state index contributed by atoms with van der Waals surface area (Å²) in [5.74, 6) is 0. The lowest BCUT2D eigenvalue weighted by Crippen LogP contribution is -2.35. The number of anilines is 5. The van der Waals surface area contributed by atoms with Crippen molar-refractivity contribution < 1.29 is 4.42 Å². The average molecular weight is 961 g/mol. The van der Waals surface area contributed by atoms with Gasteiger partial charge in [-0.15, -0.1) is 11.3 Å². The molecule has 6 heteroatoms. The van der Waals surface area contributed by atoms with Crippen LogP contribution in [0.25, 0.3) is 81.8 Å². The zero-order chi connectivity index (χ0) is 49.7. The molecule has 4 nitrogen and oxygen atoms in total. The van der Waals surface area contributed by atoms with Gasteiger partial charge in [-0.2, -0.15) is 0 Å². The number of para-hydroxylation sites is 3. The fraction of sp³-hybridized carbons (Fsp3) is 0.164. The number of nitrogens with one attached hydrogen (secondary N) is 1. The highest BCUT2D eigenvalue weighted by molar-refractivity contribution is 7.29. The fourth-order valence-corrected chi connectivity index (χ4v) is 13.2. The van der Waals surface area contributed by atoms with Gasteiger partial charge in [0.15, 0.2) is 0 Å². The molecule has 0 bridgehead atoms. The van der Waals surface area contributed by atoms with Crippen molar-refractivity contribution >= 4 is 111 Å². The number of fused-ring (bicyclic) bond motifs is 13. The Morgan fingerprint density at radius 2 is 1.21 bits per heavy atom. The van der Waals surface area contributed by atoms with E-state index in [-0.39, 0.29) is 16.2 Å². The number of furan rings is 1. The summed E-state index contributed by atoms with van der Waals surface area (Å²) in [6.07, 6.45) is 0. The zero-order valence-electron chi connectivity index (χ0n) is 42.6. The molecule has 9 aromatic carbocycles. The minimum absolute atomic E-state index is 0.000344. The van der Waals surface area contributed by atoms with Gasteiger partial charge < -0.3 is 19.2 Å². The summed E-state index contributed by atoms with van der Waals surface area (Å²) in [5, 5.41) is 10.1. The molecule has 0 unspecified atom stereocenters. The van der Waals surface area contributed by atoms with Crippen LogP contribution in [0.15, 0.2) is 186 Å². The molecule has 73 heavy (non-hydrogen) atoms. The van der Waals surface area contributed by atoms with Crippen LogP contribution in [0.3, 0.4) is 0 Å². The lowest BCUT2D eigenvalue weighted by Gasteiger charge is -2.27. The van der Waals surface area contributed by atoms with Gasteiger partial charge >= 0.3 is 0 Å². The third-order valence-electron chi connectivity index (χ3n) is 15.9. The fourth-order valence-electron chi connectivity index (χ4n) is 12.1. The molecule has 0 atom stereocenters. The Labute approximate surface area is 431 Å². The number of hydrogen-bond donors (Lipinski definition) is 1. The molecule has 0 amide bonds. The monoisotopic (exact) mass is 960 g/mol. The molecule has 4 heterocycles. The maximum Gasteiger partial charge on any atom is 0.211 e. The Hall–Kier alpha value is -7.80. The smallest absolute Gasteiger partial charge is 0.211 e. The molecule has 12 aromatic rings. The second kappa shape index (κ2) is 15.6. The first-order valence-electron chi connectivity index (χ1n) is 25.7.